The van der Waals surface area contributed by atoms with Crippen LogP contribution in [-0.2, 0) is 11.0 Å². The number of alkyl halides is 3. The van der Waals surface area contributed by atoms with Gasteiger partial charge in [0.15, 0.2) is 0 Å². The summed E-state index contributed by atoms with van der Waals surface area (Å²) in [5, 5.41) is 9.43. The van der Waals surface area contributed by atoms with E-state index in [0.29, 0.717) is 16.7 Å². The van der Waals surface area contributed by atoms with Gasteiger partial charge in [0, 0.05) is 0 Å². The van der Waals surface area contributed by atoms with Gasteiger partial charge in [-0.15, -0.1) is 0 Å². The van der Waals surface area contributed by atoms with Crippen LogP contribution in [0.5, 0.6) is 0 Å². The Morgan fingerprint density at radius 2 is 1.17 bits per heavy atom. The van der Waals surface area contributed by atoms with Crippen LogP contribution in [0.3, 0.4) is 0 Å². The average Bonchev–Trinajstić information content (AvgIpc) is 2.88. The Morgan fingerprint density at radius 3 is 1.67 bits per heavy atom. The number of carbonyl (C=O) groups is 2. The molecule has 0 aliphatic rings. The van der Waals surface area contributed by atoms with Crippen molar-refractivity contribution in [3.05, 3.63) is 120 Å². The van der Waals surface area contributed by atoms with Gasteiger partial charge in [0.1, 0.15) is 0 Å². The summed E-state index contributed by atoms with van der Waals surface area (Å²) in [6.45, 7) is 0. The van der Waals surface area contributed by atoms with E-state index in [2.05, 4.69) is 0 Å². The van der Waals surface area contributed by atoms with Crippen LogP contribution in [0.4, 0.5) is 13.2 Å². The molecule has 4 aromatic rings. The molecule has 0 aromatic heterocycles. The van der Waals surface area contributed by atoms with E-state index in [0.717, 1.165) is 28.8 Å². The summed E-state index contributed by atoms with van der Waals surface area (Å²) in [5.74, 6) is -0.957. The fourth-order valence-corrected chi connectivity index (χ4v) is 6.57. The normalized spacial score (nSPS) is 12.5. The number of carboxylic acid groups (broad SMARTS) is 1. The Labute approximate surface area is 213 Å². The summed E-state index contributed by atoms with van der Waals surface area (Å²) < 4.78 is 37.9. The van der Waals surface area contributed by atoms with Crippen molar-refractivity contribution in [2.45, 2.75) is 17.3 Å². The molecule has 0 fully saturated rings. The van der Waals surface area contributed by atoms with Gasteiger partial charge in [-0.25, -0.2) is 0 Å². The van der Waals surface area contributed by atoms with Crippen LogP contribution in [-0.4, -0.2) is 31.4 Å². The third-order valence-corrected chi connectivity index (χ3v) is 8.81. The molecule has 36 heavy (non-hydrogen) atoms. The van der Waals surface area contributed by atoms with Crippen molar-refractivity contribution < 1.29 is 27.9 Å². The van der Waals surface area contributed by atoms with E-state index in [-0.39, 0.29) is 15.7 Å². The fourth-order valence-electron chi connectivity index (χ4n) is 3.87. The summed E-state index contributed by atoms with van der Waals surface area (Å²) in [7, 11) is 0. The molecule has 0 aliphatic heterocycles. The van der Waals surface area contributed by atoms with Gasteiger partial charge >= 0.3 is 214 Å². The molecule has 0 saturated carbocycles. The molecule has 1 N–H and O–H groups in total. The van der Waals surface area contributed by atoms with Gasteiger partial charge in [0.25, 0.3) is 0 Å². The van der Waals surface area contributed by atoms with Gasteiger partial charge in [-0.05, 0) is 0 Å². The second kappa shape index (κ2) is 11.0. The molecule has 0 spiro atoms. The van der Waals surface area contributed by atoms with Gasteiger partial charge in [0.2, 0.25) is 0 Å². The quantitative estimate of drug-likeness (QED) is 0.245. The van der Waals surface area contributed by atoms with Crippen LogP contribution < -0.4 is 0 Å². The SMILES string of the molecule is O=C(O)CC([AsH]C(=O)c1ccc(-c2ccc(C(F)(F)F)cc2)cc1)c1ccc(-c2ccccc2)cc1. The Hall–Kier alpha value is -3.63. The number of carboxylic acids is 1. The first-order chi connectivity index (χ1) is 17.2. The van der Waals surface area contributed by atoms with Crippen molar-refractivity contribution in [1.29, 1.82) is 0 Å². The topological polar surface area (TPSA) is 54.4 Å². The predicted octanol–water partition coefficient (Wildman–Crippen LogP) is 6.83. The van der Waals surface area contributed by atoms with Crippen LogP contribution >= 0.6 is 0 Å². The minimum atomic E-state index is -4.40. The zero-order chi connectivity index (χ0) is 25.7. The molecule has 4 aromatic carbocycles. The fraction of sp³-hybridized carbons (Fsp3) is 0.103. The molecule has 0 heterocycles. The van der Waals surface area contributed by atoms with E-state index in [1.165, 1.54) is 12.1 Å². The van der Waals surface area contributed by atoms with Gasteiger partial charge in [-0.3, -0.25) is 0 Å². The van der Waals surface area contributed by atoms with E-state index in [1.54, 1.807) is 24.3 Å². The average molecular weight is 550 g/mol. The Bertz CT molecular complexity index is 1330. The standard InChI is InChI=1S/C29H22AsF3O3/c31-29(32,33)25-16-14-22(15-17-25)21-8-12-24(13-9-21)28(36)30-26(18-27(34)35)23-10-6-20(7-11-23)19-4-2-1-3-5-19/h1-17,26,30H,18H2,(H,34,35). The molecule has 2 atom stereocenters. The maximum absolute atomic E-state index is 13.0. The monoisotopic (exact) mass is 550 g/mol. The van der Waals surface area contributed by atoms with Gasteiger partial charge in [0.05, 0.1) is 0 Å². The molecule has 0 radical (unpaired) electrons. The first kappa shape index (κ1) is 25.5. The number of halogens is 3. The zero-order valence-corrected chi connectivity index (χ0v) is 21.1. The summed E-state index contributed by atoms with van der Waals surface area (Å²) in [6, 6.07) is 29.0. The molecular formula is C29H22AsF3O3. The van der Waals surface area contributed by atoms with Gasteiger partial charge < -0.3 is 0 Å². The Morgan fingerprint density at radius 1 is 0.694 bits per heavy atom. The van der Waals surface area contributed by atoms with Crippen LogP contribution in [0, 0.1) is 0 Å². The van der Waals surface area contributed by atoms with E-state index in [9.17, 15) is 27.9 Å². The van der Waals surface area contributed by atoms with Gasteiger partial charge in [-0.1, -0.05) is 0 Å². The van der Waals surface area contributed by atoms with Crippen LogP contribution in [0.2, 0.25) is 0 Å². The van der Waals surface area contributed by atoms with Gasteiger partial charge in [-0.2, -0.15) is 0 Å². The van der Waals surface area contributed by atoms with Crippen molar-refractivity contribution >= 4 is 26.3 Å². The third-order valence-electron chi connectivity index (χ3n) is 5.80. The predicted molar refractivity (Wildman–Crippen MR) is 135 cm³/mol. The molecule has 0 aliphatic carbocycles. The molecule has 0 bridgehead atoms. The first-order valence-electron chi connectivity index (χ1n) is 11.2. The van der Waals surface area contributed by atoms with E-state index in [1.807, 2.05) is 54.6 Å². The van der Waals surface area contributed by atoms with Crippen LogP contribution in [0.15, 0.2) is 103 Å². The summed E-state index contributed by atoms with van der Waals surface area (Å²) in [6.07, 6.45) is -4.52. The molecule has 0 amide bonds. The molecule has 7 heteroatoms. The number of carbonyl (C=O) groups excluding carboxylic acids is 1. The minimum absolute atomic E-state index is 0.0765. The van der Waals surface area contributed by atoms with Crippen LogP contribution in [0.25, 0.3) is 22.3 Å². The van der Waals surface area contributed by atoms with Crippen molar-refractivity contribution in [3.8, 4) is 22.3 Å². The molecule has 4 rings (SSSR count). The zero-order valence-electron chi connectivity index (χ0n) is 19.0. The molecule has 2 unspecified atom stereocenters. The van der Waals surface area contributed by atoms with Crippen molar-refractivity contribution in [3.63, 3.8) is 0 Å². The summed E-state index contributed by atoms with van der Waals surface area (Å²) >= 11 is -1.35. The molecule has 182 valence electrons. The molecular weight excluding hydrogens is 528 g/mol. The van der Waals surface area contributed by atoms with Crippen molar-refractivity contribution in [2.24, 2.45) is 0 Å². The van der Waals surface area contributed by atoms with Crippen LogP contribution in [0.1, 0.15) is 32.6 Å². The van der Waals surface area contributed by atoms with E-state index in [4.69, 9.17) is 0 Å². The van der Waals surface area contributed by atoms with E-state index >= 15 is 0 Å². The second-order valence-electron chi connectivity index (χ2n) is 8.26. The summed E-state index contributed by atoms with van der Waals surface area (Å²) in [5.41, 5.74) is 3.95. The number of hydrogen-bond donors (Lipinski definition) is 1. The number of benzene rings is 4. The van der Waals surface area contributed by atoms with Crippen molar-refractivity contribution in [1.82, 2.24) is 0 Å². The Balaban J connectivity index is 1.49. The maximum atomic E-state index is 13.0. The van der Waals surface area contributed by atoms with Crippen molar-refractivity contribution in [2.75, 3.05) is 0 Å². The first-order valence-corrected chi connectivity index (χ1v) is 13.4. The van der Waals surface area contributed by atoms with E-state index < -0.39 is 33.5 Å². The summed E-state index contributed by atoms with van der Waals surface area (Å²) in [4.78, 5) is 24.6. The second-order valence-corrected chi connectivity index (χ2v) is 11.3. The third kappa shape index (κ3) is 6.32. The Kier molecular flexibility index (Phi) is 7.75. The molecule has 3 nitrogen and oxygen atoms in total. The number of hydrogen-bond acceptors (Lipinski definition) is 2. The number of aliphatic carboxylic acids is 1. The molecule has 0 saturated heterocycles. The number of rotatable bonds is 8.